The van der Waals surface area contributed by atoms with E-state index in [0.29, 0.717) is 13.1 Å². The van der Waals surface area contributed by atoms with E-state index in [9.17, 15) is 9.59 Å². The van der Waals surface area contributed by atoms with Gasteiger partial charge in [-0.3, -0.25) is 9.59 Å². The molecule has 2 amide bonds. The Hall–Kier alpha value is -2.62. The van der Waals surface area contributed by atoms with Gasteiger partial charge in [0.15, 0.2) is 0 Å². The second-order valence-electron chi connectivity index (χ2n) is 6.64. The van der Waals surface area contributed by atoms with Crippen molar-refractivity contribution in [2.45, 2.75) is 45.7 Å². The second kappa shape index (κ2) is 10.4. The van der Waals surface area contributed by atoms with E-state index in [4.69, 9.17) is 0 Å². The Balaban J connectivity index is 1.92. The molecule has 0 aliphatic carbocycles. The van der Waals surface area contributed by atoms with E-state index < -0.39 is 0 Å². The summed E-state index contributed by atoms with van der Waals surface area (Å²) in [4.78, 5) is 25.4. The van der Waals surface area contributed by atoms with E-state index in [-0.39, 0.29) is 17.9 Å². The van der Waals surface area contributed by atoms with Crippen molar-refractivity contribution in [1.29, 1.82) is 0 Å². The van der Waals surface area contributed by atoms with Crippen LogP contribution in [0.3, 0.4) is 0 Å². The van der Waals surface area contributed by atoms with Crippen molar-refractivity contribution in [1.82, 2.24) is 10.2 Å². The zero-order chi connectivity index (χ0) is 18.8. The quantitative estimate of drug-likeness (QED) is 0.750. The van der Waals surface area contributed by atoms with Gasteiger partial charge in [-0.15, -0.1) is 0 Å². The molecule has 0 aromatic heterocycles. The Kier molecular flexibility index (Phi) is 7.87. The Morgan fingerprint density at radius 3 is 2.00 bits per heavy atom. The van der Waals surface area contributed by atoms with Gasteiger partial charge < -0.3 is 10.2 Å². The van der Waals surface area contributed by atoms with E-state index in [1.165, 1.54) is 5.56 Å². The molecule has 4 heteroatoms. The number of aryl methyl sites for hydroxylation is 1. The van der Waals surface area contributed by atoms with Gasteiger partial charge in [-0.2, -0.15) is 0 Å². The Morgan fingerprint density at radius 2 is 1.46 bits per heavy atom. The minimum Gasteiger partial charge on any atom is -0.354 e. The molecule has 4 nitrogen and oxygen atoms in total. The highest BCUT2D eigenvalue weighted by Gasteiger charge is 2.15. The van der Waals surface area contributed by atoms with Crippen LogP contribution in [-0.4, -0.2) is 29.3 Å². The molecular formula is C22H28N2O2. The van der Waals surface area contributed by atoms with Gasteiger partial charge in [-0.25, -0.2) is 0 Å². The first kappa shape index (κ1) is 19.7. The number of rotatable bonds is 9. The zero-order valence-corrected chi connectivity index (χ0v) is 15.7. The SMILES string of the molecule is CC(=O)NC(CCc1ccccc1)CCN(Cc1ccccc1)C(C)=O. The summed E-state index contributed by atoms with van der Waals surface area (Å²) in [6.07, 6.45) is 2.52. The number of carbonyl (C=O) groups is 2. The lowest BCUT2D eigenvalue weighted by atomic mass is 10.0. The Bertz CT molecular complexity index is 686. The van der Waals surface area contributed by atoms with Crippen molar-refractivity contribution in [3.63, 3.8) is 0 Å². The number of hydrogen-bond acceptors (Lipinski definition) is 2. The average Bonchev–Trinajstić information content (AvgIpc) is 2.64. The molecule has 138 valence electrons. The highest BCUT2D eigenvalue weighted by atomic mass is 16.2. The molecule has 0 radical (unpaired) electrons. The van der Waals surface area contributed by atoms with Gasteiger partial charge in [0.25, 0.3) is 0 Å². The lowest BCUT2D eigenvalue weighted by molar-refractivity contribution is -0.129. The fourth-order valence-corrected chi connectivity index (χ4v) is 3.03. The molecule has 0 fully saturated rings. The molecule has 2 aromatic rings. The molecule has 0 aliphatic heterocycles. The minimum absolute atomic E-state index is 0.0273. The average molecular weight is 352 g/mol. The molecule has 0 spiro atoms. The number of hydrogen-bond donors (Lipinski definition) is 1. The Morgan fingerprint density at radius 1 is 0.885 bits per heavy atom. The predicted octanol–water partition coefficient (Wildman–Crippen LogP) is 3.56. The van der Waals surface area contributed by atoms with Crippen LogP contribution in [0.15, 0.2) is 60.7 Å². The van der Waals surface area contributed by atoms with Crippen LogP contribution in [-0.2, 0) is 22.6 Å². The third-order valence-electron chi connectivity index (χ3n) is 4.44. The van der Waals surface area contributed by atoms with Gasteiger partial charge in [-0.1, -0.05) is 60.7 Å². The third kappa shape index (κ3) is 7.09. The molecule has 1 N–H and O–H groups in total. The molecule has 0 saturated heterocycles. The fourth-order valence-electron chi connectivity index (χ4n) is 3.03. The van der Waals surface area contributed by atoms with Crippen molar-refractivity contribution in [2.24, 2.45) is 0 Å². The fraction of sp³-hybridized carbons (Fsp3) is 0.364. The molecule has 2 aromatic carbocycles. The molecular weight excluding hydrogens is 324 g/mol. The lowest BCUT2D eigenvalue weighted by Gasteiger charge is -2.25. The van der Waals surface area contributed by atoms with E-state index >= 15 is 0 Å². The predicted molar refractivity (Wildman–Crippen MR) is 105 cm³/mol. The smallest absolute Gasteiger partial charge is 0.219 e. The second-order valence-corrected chi connectivity index (χ2v) is 6.64. The minimum atomic E-state index is -0.0273. The monoisotopic (exact) mass is 352 g/mol. The summed E-state index contributed by atoms with van der Waals surface area (Å²) in [5.41, 5.74) is 2.37. The van der Waals surface area contributed by atoms with E-state index in [0.717, 1.165) is 24.8 Å². The van der Waals surface area contributed by atoms with Gasteiger partial charge in [0.05, 0.1) is 0 Å². The van der Waals surface area contributed by atoms with Gasteiger partial charge >= 0.3 is 0 Å². The van der Waals surface area contributed by atoms with Crippen LogP contribution < -0.4 is 5.32 Å². The summed E-state index contributed by atoms with van der Waals surface area (Å²) in [5, 5.41) is 3.03. The van der Waals surface area contributed by atoms with E-state index in [1.54, 1.807) is 13.8 Å². The van der Waals surface area contributed by atoms with Crippen molar-refractivity contribution in [3.05, 3.63) is 71.8 Å². The van der Waals surface area contributed by atoms with Crippen LogP contribution in [0, 0.1) is 0 Å². The van der Waals surface area contributed by atoms with Gasteiger partial charge in [0.1, 0.15) is 0 Å². The molecule has 1 unspecified atom stereocenters. The molecule has 1 atom stereocenters. The lowest BCUT2D eigenvalue weighted by Crippen LogP contribution is -2.38. The summed E-state index contributed by atoms with van der Waals surface area (Å²) in [6.45, 7) is 4.37. The summed E-state index contributed by atoms with van der Waals surface area (Å²) < 4.78 is 0. The zero-order valence-electron chi connectivity index (χ0n) is 15.7. The first-order chi connectivity index (χ1) is 12.5. The Labute approximate surface area is 156 Å². The van der Waals surface area contributed by atoms with E-state index in [1.807, 2.05) is 53.4 Å². The summed E-state index contributed by atoms with van der Waals surface area (Å²) in [5.74, 6) is 0.0268. The van der Waals surface area contributed by atoms with Crippen LogP contribution in [0.25, 0.3) is 0 Å². The molecule has 0 heterocycles. The normalized spacial score (nSPS) is 11.6. The first-order valence-corrected chi connectivity index (χ1v) is 9.15. The number of amides is 2. The summed E-state index contributed by atoms with van der Waals surface area (Å²) >= 11 is 0. The first-order valence-electron chi connectivity index (χ1n) is 9.15. The van der Waals surface area contributed by atoms with Crippen LogP contribution >= 0.6 is 0 Å². The number of nitrogens with one attached hydrogen (secondary N) is 1. The van der Waals surface area contributed by atoms with Crippen molar-refractivity contribution in [2.75, 3.05) is 6.54 Å². The number of carbonyl (C=O) groups excluding carboxylic acids is 2. The maximum atomic E-state index is 12.0. The molecule has 2 rings (SSSR count). The number of benzene rings is 2. The topological polar surface area (TPSA) is 49.4 Å². The highest BCUT2D eigenvalue weighted by Crippen LogP contribution is 2.11. The molecule has 0 saturated carbocycles. The molecule has 0 bridgehead atoms. The highest BCUT2D eigenvalue weighted by molar-refractivity contribution is 5.73. The van der Waals surface area contributed by atoms with Gasteiger partial charge in [0, 0.05) is 33.0 Å². The van der Waals surface area contributed by atoms with E-state index in [2.05, 4.69) is 17.4 Å². The van der Waals surface area contributed by atoms with Crippen molar-refractivity contribution < 1.29 is 9.59 Å². The van der Waals surface area contributed by atoms with Gasteiger partial charge in [0.2, 0.25) is 11.8 Å². The van der Waals surface area contributed by atoms with Crippen molar-refractivity contribution >= 4 is 11.8 Å². The third-order valence-corrected chi connectivity index (χ3v) is 4.44. The number of nitrogens with zero attached hydrogens (tertiary/aromatic N) is 1. The molecule has 26 heavy (non-hydrogen) atoms. The van der Waals surface area contributed by atoms with Gasteiger partial charge in [-0.05, 0) is 30.4 Å². The molecule has 0 aliphatic rings. The largest absolute Gasteiger partial charge is 0.354 e. The van der Waals surface area contributed by atoms with Crippen LogP contribution in [0.1, 0.15) is 37.8 Å². The van der Waals surface area contributed by atoms with Crippen molar-refractivity contribution in [3.8, 4) is 0 Å². The van der Waals surface area contributed by atoms with Crippen LogP contribution in [0.4, 0.5) is 0 Å². The maximum absolute atomic E-state index is 12.0. The maximum Gasteiger partial charge on any atom is 0.219 e. The van der Waals surface area contributed by atoms with Crippen LogP contribution in [0.2, 0.25) is 0 Å². The standard InChI is InChI=1S/C22H28N2O2/c1-18(25)23-22(14-13-20-9-5-3-6-10-20)15-16-24(19(2)26)17-21-11-7-4-8-12-21/h3-12,22H,13-17H2,1-2H3,(H,23,25). The van der Waals surface area contributed by atoms with Crippen LogP contribution in [0.5, 0.6) is 0 Å². The summed E-state index contributed by atoms with van der Waals surface area (Å²) in [7, 11) is 0. The summed E-state index contributed by atoms with van der Waals surface area (Å²) in [6, 6.07) is 20.3.